The smallest absolute Gasteiger partial charge is 0.360 e. The van der Waals surface area contributed by atoms with Gasteiger partial charge in [-0.1, -0.05) is 11.6 Å². The Bertz CT molecular complexity index is 563. The first kappa shape index (κ1) is 14.4. The Labute approximate surface area is 128 Å². The molecule has 0 spiro atoms. The number of amides is 1. The lowest BCUT2D eigenvalue weighted by Gasteiger charge is -2.32. The number of hydrogen-bond acceptors (Lipinski definition) is 4. The van der Waals surface area contributed by atoms with Gasteiger partial charge in [0, 0.05) is 14.7 Å². The minimum atomic E-state index is -1.70. The summed E-state index contributed by atoms with van der Waals surface area (Å²) in [5.41, 5.74) is -1.19. The minimum absolute atomic E-state index is 0.172. The van der Waals surface area contributed by atoms with Gasteiger partial charge in [0.1, 0.15) is 5.75 Å². The first-order valence-corrected chi connectivity index (χ1v) is 7.01. The first-order valence-electron chi connectivity index (χ1n) is 5.55. The highest BCUT2D eigenvalue weighted by molar-refractivity contribution is 14.1. The summed E-state index contributed by atoms with van der Waals surface area (Å²) in [4.78, 5) is 23.9. The molecular formula is C12H11ClINO4. The summed E-state index contributed by atoms with van der Waals surface area (Å²) in [6, 6.07) is 3.24. The molecule has 0 radical (unpaired) electrons. The van der Waals surface area contributed by atoms with Crippen molar-refractivity contribution in [3.05, 3.63) is 20.7 Å². The maximum atomic E-state index is 12.1. The molecule has 1 aromatic rings. The molecule has 1 heterocycles. The maximum Gasteiger partial charge on any atom is 0.360 e. The highest BCUT2D eigenvalue weighted by Gasteiger charge is 2.49. The third-order valence-electron chi connectivity index (χ3n) is 2.67. The lowest BCUT2D eigenvalue weighted by Crippen LogP contribution is -2.55. The molecule has 1 amide bonds. The predicted molar refractivity (Wildman–Crippen MR) is 78.5 cm³/mol. The van der Waals surface area contributed by atoms with Crippen LogP contribution < -0.4 is 10.1 Å². The molecular weight excluding hydrogens is 384 g/mol. The molecule has 7 heteroatoms. The van der Waals surface area contributed by atoms with E-state index in [2.05, 4.69) is 5.32 Å². The van der Waals surface area contributed by atoms with Crippen LogP contribution in [0.3, 0.4) is 0 Å². The van der Waals surface area contributed by atoms with Crippen molar-refractivity contribution < 1.29 is 19.1 Å². The summed E-state index contributed by atoms with van der Waals surface area (Å²) in [5.74, 6) is -0.932. The number of carbonyl (C=O) groups is 2. The van der Waals surface area contributed by atoms with E-state index in [9.17, 15) is 9.59 Å². The second-order valence-corrected chi connectivity index (χ2v) is 5.67. The van der Waals surface area contributed by atoms with Crippen molar-refractivity contribution in [3.63, 3.8) is 0 Å². The Balaban J connectivity index is 2.44. The summed E-state index contributed by atoms with van der Waals surface area (Å²) < 4.78 is 11.1. The highest BCUT2D eigenvalue weighted by atomic mass is 127. The predicted octanol–water partition coefficient (Wildman–Crippen LogP) is 2.60. The zero-order valence-corrected chi connectivity index (χ0v) is 13.2. The van der Waals surface area contributed by atoms with Gasteiger partial charge in [0.25, 0.3) is 11.5 Å². The van der Waals surface area contributed by atoms with Crippen molar-refractivity contribution in [1.82, 2.24) is 0 Å². The lowest BCUT2D eigenvalue weighted by molar-refractivity contribution is -0.165. The average Bonchev–Trinajstić information content (AvgIpc) is 2.32. The highest BCUT2D eigenvalue weighted by Crippen LogP contribution is 2.39. The SMILES string of the molecule is CCOC(=O)C1(C)Oc2cc(Cl)cc(I)c2NC1=O. The zero-order valence-electron chi connectivity index (χ0n) is 10.3. The molecule has 0 bridgehead atoms. The summed E-state index contributed by atoms with van der Waals surface area (Å²) in [5, 5.41) is 3.12. The van der Waals surface area contributed by atoms with E-state index < -0.39 is 17.5 Å². The molecule has 19 heavy (non-hydrogen) atoms. The van der Waals surface area contributed by atoms with Crippen molar-refractivity contribution in [3.8, 4) is 5.75 Å². The summed E-state index contributed by atoms with van der Waals surface area (Å²) in [6.45, 7) is 3.21. The topological polar surface area (TPSA) is 64.6 Å². The van der Waals surface area contributed by atoms with Gasteiger partial charge in [-0.05, 0) is 42.5 Å². The van der Waals surface area contributed by atoms with Crippen LogP contribution in [0.25, 0.3) is 0 Å². The van der Waals surface area contributed by atoms with Crippen LogP contribution in [0.2, 0.25) is 5.02 Å². The van der Waals surface area contributed by atoms with E-state index in [4.69, 9.17) is 21.1 Å². The second-order valence-electron chi connectivity index (χ2n) is 4.07. The normalized spacial score (nSPS) is 21.2. The number of esters is 1. The molecule has 1 aliphatic heterocycles. The van der Waals surface area contributed by atoms with E-state index in [1.165, 1.54) is 6.92 Å². The van der Waals surface area contributed by atoms with E-state index in [0.29, 0.717) is 16.5 Å². The first-order chi connectivity index (χ1) is 8.88. The number of rotatable bonds is 2. The Morgan fingerprint density at radius 3 is 2.89 bits per heavy atom. The van der Waals surface area contributed by atoms with Crippen LogP contribution in [-0.2, 0) is 14.3 Å². The third kappa shape index (κ3) is 2.51. The van der Waals surface area contributed by atoms with Crippen molar-refractivity contribution in [2.45, 2.75) is 19.4 Å². The van der Waals surface area contributed by atoms with E-state index >= 15 is 0 Å². The Morgan fingerprint density at radius 1 is 1.58 bits per heavy atom. The Kier molecular flexibility index (Phi) is 3.91. The molecule has 1 unspecified atom stereocenters. The fourth-order valence-electron chi connectivity index (χ4n) is 1.65. The van der Waals surface area contributed by atoms with E-state index in [1.807, 2.05) is 22.6 Å². The van der Waals surface area contributed by atoms with Crippen LogP contribution in [0.15, 0.2) is 12.1 Å². The van der Waals surface area contributed by atoms with Crippen molar-refractivity contribution >= 4 is 51.8 Å². The van der Waals surface area contributed by atoms with Crippen LogP contribution in [0.4, 0.5) is 5.69 Å². The van der Waals surface area contributed by atoms with Crippen molar-refractivity contribution in [1.29, 1.82) is 0 Å². The van der Waals surface area contributed by atoms with Crippen LogP contribution >= 0.6 is 34.2 Å². The lowest BCUT2D eigenvalue weighted by atomic mass is 10.0. The largest absolute Gasteiger partial charge is 0.464 e. The third-order valence-corrected chi connectivity index (χ3v) is 3.74. The van der Waals surface area contributed by atoms with E-state index in [0.717, 1.165) is 3.57 Å². The molecule has 2 rings (SSSR count). The van der Waals surface area contributed by atoms with Gasteiger partial charge >= 0.3 is 5.97 Å². The second kappa shape index (κ2) is 5.16. The van der Waals surface area contributed by atoms with Crippen molar-refractivity contribution in [2.75, 3.05) is 11.9 Å². The summed E-state index contributed by atoms with van der Waals surface area (Å²) in [7, 11) is 0. The molecule has 1 aliphatic rings. The molecule has 102 valence electrons. The number of nitrogens with one attached hydrogen (secondary N) is 1. The summed E-state index contributed by atoms with van der Waals surface area (Å²) in [6.07, 6.45) is 0. The Hall–Kier alpha value is -1.02. The molecule has 1 atom stereocenters. The number of benzene rings is 1. The van der Waals surface area contributed by atoms with E-state index in [1.54, 1.807) is 19.1 Å². The fourth-order valence-corrected chi connectivity index (χ4v) is 2.78. The van der Waals surface area contributed by atoms with Crippen LogP contribution in [-0.4, -0.2) is 24.1 Å². The number of ether oxygens (including phenoxy) is 2. The Morgan fingerprint density at radius 2 is 2.26 bits per heavy atom. The molecule has 1 aromatic carbocycles. The average molecular weight is 396 g/mol. The number of anilines is 1. The number of halogens is 2. The fraction of sp³-hybridized carbons (Fsp3) is 0.333. The number of hydrogen-bond donors (Lipinski definition) is 1. The van der Waals surface area contributed by atoms with Crippen LogP contribution in [0.5, 0.6) is 5.75 Å². The number of fused-ring (bicyclic) bond motifs is 1. The molecule has 0 aliphatic carbocycles. The molecule has 0 saturated heterocycles. The zero-order chi connectivity index (χ0) is 14.2. The van der Waals surface area contributed by atoms with Gasteiger partial charge in [0.15, 0.2) is 0 Å². The number of carbonyl (C=O) groups excluding carboxylic acids is 2. The monoisotopic (exact) mass is 395 g/mol. The van der Waals surface area contributed by atoms with Gasteiger partial charge in [0.2, 0.25) is 0 Å². The summed E-state index contributed by atoms with van der Waals surface area (Å²) >= 11 is 7.97. The van der Waals surface area contributed by atoms with Gasteiger partial charge in [0.05, 0.1) is 12.3 Å². The molecule has 5 nitrogen and oxygen atoms in total. The molecule has 1 N–H and O–H groups in total. The van der Waals surface area contributed by atoms with Gasteiger partial charge < -0.3 is 14.8 Å². The van der Waals surface area contributed by atoms with Crippen LogP contribution in [0.1, 0.15) is 13.8 Å². The van der Waals surface area contributed by atoms with Crippen molar-refractivity contribution in [2.24, 2.45) is 0 Å². The van der Waals surface area contributed by atoms with Gasteiger partial charge in [-0.25, -0.2) is 4.79 Å². The molecule has 0 saturated carbocycles. The van der Waals surface area contributed by atoms with Gasteiger partial charge in [-0.3, -0.25) is 4.79 Å². The van der Waals surface area contributed by atoms with Gasteiger partial charge in [-0.2, -0.15) is 0 Å². The van der Waals surface area contributed by atoms with Gasteiger partial charge in [-0.15, -0.1) is 0 Å². The quantitative estimate of drug-likeness (QED) is 0.475. The van der Waals surface area contributed by atoms with Crippen LogP contribution in [0, 0.1) is 3.57 Å². The van der Waals surface area contributed by atoms with E-state index in [-0.39, 0.29) is 6.61 Å². The standard InChI is InChI=1S/C12H11ClINO4/c1-3-18-11(17)12(2)10(16)15-9-7(14)4-6(13)5-8(9)19-12/h4-5H,3H2,1-2H3,(H,15,16). The molecule has 0 aromatic heterocycles. The maximum absolute atomic E-state index is 12.1. The molecule has 0 fully saturated rings. The minimum Gasteiger partial charge on any atom is -0.464 e.